The average molecular weight is 248 g/mol. The van der Waals surface area contributed by atoms with Gasteiger partial charge in [-0.05, 0) is 12.5 Å². The summed E-state index contributed by atoms with van der Waals surface area (Å²) in [5, 5.41) is 0. The van der Waals surface area contributed by atoms with E-state index in [0.29, 0.717) is 17.5 Å². The van der Waals surface area contributed by atoms with E-state index >= 15 is 0 Å². The molecular weight excluding hydrogens is 231 g/mol. The fourth-order valence-electron chi connectivity index (χ4n) is 1.97. The summed E-state index contributed by atoms with van der Waals surface area (Å²) in [5.41, 5.74) is 3.85. The number of rotatable bonds is 4. The van der Waals surface area contributed by atoms with Crippen molar-refractivity contribution in [3.8, 4) is 0 Å². The summed E-state index contributed by atoms with van der Waals surface area (Å²) in [4.78, 5) is 4.23. The monoisotopic (exact) mass is 248 g/mol. The Morgan fingerprint density at radius 1 is 1.50 bits per heavy atom. The Morgan fingerprint density at radius 2 is 2.28 bits per heavy atom. The number of nitrogens with one attached hydrogen (secondary N) is 1. The number of aryl methyl sites for hydroxylation is 2. The number of nitrogens with two attached hydrogens (primary N) is 1. The molecule has 1 heterocycles. The van der Waals surface area contributed by atoms with E-state index in [2.05, 4.69) is 10.4 Å². The fraction of sp³-hybridized carbons (Fsp3) is 0.308. The second-order valence-electron chi connectivity index (χ2n) is 4.36. The molecule has 0 saturated carbocycles. The van der Waals surface area contributed by atoms with Crippen molar-refractivity contribution >= 4 is 0 Å². The molecule has 0 bridgehead atoms. The highest BCUT2D eigenvalue weighted by molar-refractivity contribution is 5.28. The molecular formula is C13H17FN4. The summed E-state index contributed by atoms with van der Waals surface area (Å²) in [7, 11) is 1.91. The first-order valence-corrected chi connectivity index (χ1v) is 5.80. The standard InChI is InChI=1S/C13H17FN4/c1-9-4-3-5-10(13(9)14)11(17-15)8-12-16-6-7-18(12)2/h3-7,11,17H,8,15H2,1-2H3. The molecule has 0 radical (unpaired) electrons. The van der Waals surface area contributed by atoms with E-state index in [4.69, 9.17) is 5.84 Å². The van der Waals surface area contributed by atoms with E-state index in [1.54, 1.807) is 25.3 Å². The number of imidazole rings is 1. The molecule has 0 amide bonds. The van der Waals surface area contributed by atoms with Crippen LogP contribution in [0.2, 0.25) is 0 Å². The smallest absolute Gasteiger partial charge is 0.130 e. The van der Waals surface area contributed by atoms with Gasteiger partial charge in [-0.25, -0.2) is 9.37 Å². The molecule has 0 spiro atoms. The average Bonchev–Trinajstić information content (AvgIpc) is 2.76. The predicted octanol–water partition coefficient (Wildman–Crippen LogP) is 1.61. The van der Waals surface area contributed by atoms with Crippen molar-refractivity contribution in [2.75, 3.05) is 0 Å². The molecule has 0 fully saturated rings. The van der Waals surface area contributed by atoms with Crippen LogP contribution in [0, 0.1) is 12.7 Å². The first-order valence-electron chi connectivity index (χ1n) is 5.80. The topological polar surface area (TPSA) is 55.9 Å². The molecule has 3 N–H and O–H groups in total. The Labute approximate surface area is 106 Å². The lowest BCUT2D eigenvalue weighted by Crippen LogP contribution is -2.31. The zero-order chi connectivity index (χ0) is 13.1. The van der Waals surface area contributed by atoms with E-state index in [9.17, 15) is 4.39 Å². The lowest BCUT2D eigenvalue weighted by atomic mass is 10.0. The van der Waals surface area contributed by atoms with Crippen molar-refractivity contribution < 1.29 is 4.39 Å². The molecule has 1 unspecified atom stereocenters. The maximum absolute atomic E-state index is 14.0. The van der Waals surface area contributed by atoms with Crippen LogP contribution >= 0.6 is 0 Å². The minimum atomic E-state index is -0.286. The van der Waals surface area contributed by atoms with Gasteiger partial charge in [0.05, 0.1) is 6.04 Å². The predicted molar refractivity (Wildman–Crippen MR) is 68.1 cm³/mol. The van der Waals surface area contributed by atoms with Crippen molar-refractivity contribution in [2.45, 2.75) is 19.4 Å². The van der Waals surface area contributed by atoms with Crippen LogP contribution in [0.4, 0.5) is 4.39 Å². The normalized spacial score (nSPS) is 12.7. The van der Waals surface area contributed by atoms with Crippen LogP contribution in [-0.2, 0) is 13.5 Å². The third-order valence-electron chi connectivity index (χ3n) is 3.11. The van der Waals surface area contributed by atoms with Crippen LogP contribution in [0.1, 0.15) is 23.0 Å². The van der Waals surface area contributed by atoms with Gasteiger partial charge in [-0.1, -0.05) is 18.2 Å². The van der Waals surface area contributed by atoms with Gasteiger partial charge in [0.25, 0.3) is 0 Å². The molecule has 18 heavy (non-hydrogen) atoms. The first kappa shape index (κ1) is 12.7. The molecule has 4 nitrogen and oxygen atoms in total. The summed E-state index contributed by atoms with van der Waals surface area (Å²) in [6.45, 7) is 1.74. The van der Waals surface area contributed by atoms with Gasteiger partial charge in [-0.3, -0.25) is 11.3 Å². The third kappa shape index (κ3) is 2.42. The van der Waals surface area contributed by atoms with Gasteiger partial charge in [-0.15, -0.1) is 0 Å². The molecule has 1 aromatic carbocycles. The number of benzene rings is 1. The third-order valence-corrected chi connectivity index (χ3v) is 3.11. The molecule has 2 rings (SSSR count). The molecule has 1 atom stereocenters. The number of nitrogens with zero attached hydrogens (tertiary/aromatic N) is 2. The zero-order valence-corrected chi connectivity index (χ0v) is 10.5. The van der Waals surface area contributed by atoms with Crippen LogP contribution in [0.15, 0.2) is 30.6 Å². The Kier molecular flexibility index (Phi) is 3.74. The quantitative estimate of drug-likeness (QED) is 0.638. The van der Waals surface area contributed by atoms with Crippen LogP contribution in [-0.4, -0.2) is 9.55 Å². The zero-order valence-electron chi connectivity index (χ0n) is 10.5. The number of hydrazine groups is 1. The summed E-state index contributed by atoms with van der Waals surface area (Å²) in [5.74, 6) is 6.18. The highest BCUT2D eigenvalue weighted by Gasteiger charge is 2.17. The molecule has 5 heteroatoms. The highest BCUT2D eigenvalue weighted by atomic mass is 19.1. The number of halogens is 1. The summed E-state index contributed by atoms with van der Waals surface area (Å²) in [6, 6.07) is 5.03. The molecule has 0 aliphatic carbocycles. The molecule has 1 aromatic heterocycles. The van der Waals surface area contributed by atoms with Gasteiger partial charge in [0.1, 0.15) is 11.6 Å². The Morgan fingerprint density at radius 3 is 2.89 bits per heavy atom. The van der Waals surface area contributed by atoms with Gasteiger partial charge >= 0.3 is 0 Å². The summed E-state index contributed by atoms with van der Waals surface area (Å²) < 4.78 is 15.9. The number of hydrogen-bond donors (Lipinski definition) is 2. The number of aromatic nitrogens is 2. The lowest BCUT2D eigenvalue weighted by Gasteiger charge is -2.17. The molecule has 2 aromatic rings. The van der Waals surface area contributed by atoms with Crippen LogP contribution in [0.5, 0.6) is 0 Å². The fourth-order valence-corrected chi connectivity index (χ4v) is 1.97. The van der Waals surface area contributed by atoms with Gasteiger partial charge in [-0.2, -0.15) is 0 Å². The van der Waals surface area contributed by atoms with E-state index in [1.165, 1.54) is 0 Å². The molecule has 0 aliphatic heterocycles. The highest BCUT2D eigenvalue weighted by Crippen LogP contribution is 2.21. The van der Waals surface area contributed by atoms with Crippen LogP contribution < -0.4 is 11.3 Å². The second kappa shape index (κ2) is 5.29. The minimum Gasteiger partial charge on any atom is -0.338 e. The van der Waals surface area contributed by atoms with Gasteiger partial charge in [0, 0.05) is 31.4 Å². The van der Waals surface area contributed by atoms with Crippen molar-refractivity contribution in [3.05, 3.63) is 53.4 Å². The minimum absolute atomic E-state index is 0.213. The Balaban J connectivity index is 2.29. The van der Waals surface area contributed by atoms with E-state index in [0.717, 1.165) is 5.82 Å². The van der Waals surface area contributed by atoms with Crippen LogP contribution in [0.25, 0.3) is 0 Å². The second-order valence-corrected chi connectivity index (χ2v) is 4.36. The molecule has 0 saturated heterocycles. The molecule has 96 valence electrons. The van der Waals surface area contributed by atoms with Crippen molar-refractivity contribution in [1.29, 1.82) is 0 Å². The van der Waals surface area contributed by atoms with Crippen molar-refractivity contribution in [1.82, 2.24) is 15.0 Å². The lowest BCUT2D eigenvalue weighted by molar-refractivity contribution is 0.494. The van der Waals surface area contributed by atoms with Crippen molar-refractivity contribution in [2.24, 2.45) is 12.9 Å². The first-order chi connectivity index (χ1) is 8.63. The molecule has 0 aliphatic rings. The van der Waals surface area contributed by atoms with Gasteiger partial charge in [0.15, 0.2) is 0 Å². The van der Waals surface area contributed by atoms with E-state index < -0.39 is 0 Å². The summed E-state index contributed by atoms with van der Waals surface area (Å²) >= 11 is 0. The van der Waals surface area contributed by atoms with E-state index in [-0.39, 0.29) is 11.9 Å². The Bertz CT molecular complexity index is 536. The van der Waals surface area contributed by atoms with E-state index in [1.807, 2.05) is 23.9 Å². The maximum Gasteiger partial charge on any atom is 0.130 e. The largest absolute Gasteiger partial charge is 0.338 e. The number of hydrogen-bond acceptors (Lipinski definition) is 3. The van der Waals surface area contributed by atoms with Gasteiger partial charge < -0.3 is 4.57 Å². The SMILES string of the molecule is Cc1cccc(C(Cc2nccn2C)NN)c1F. The van der Waals surface area contributed by atoms with Gasteiger partial charge in [0.2, 0.25) is 0 Å². The summed E-state index contributed by atoms with van der Waals surface area (Å²) in [6.07, 6.45) is 4.12. The van der Waals surface area contributed by atoms with Crippen LogP contribution in [0.3, 0.4) is 0 Å². The van der Waals surface area contributed by atoms with Crippen molar-refractivity contribution in [3.63, 3.8) is 0 Å². The Hall–Kier alpha value is -1.72. The maximum atomic E-state index is 14.0.